The van der Waals surface area contributed by atoms with Crippen LogP contribution in [0.2, 0.25) is 0 Å². The minimum Gasteiger partial charge on any atom is -0.491 e. The molecule has 140 valence electrons. The molecule has 3 N–H and O–H groups in total. The number of rotatable bonds is 5. The molecule has 1 aliphatic heterocycles. The topological polar surface area (TPSA) is 97.4 Å². The van der Waals surface area contributed by atoms with E-state index in [2.05, 4.69) is 15.9 Å². The fourth-order valence-corrected chi connectivity index (χ4v) is 2.85. The van der Waals surface area contributed by atoms with Gasteiger partial charge in [0.1, 0.15) is 24.0 Å². The van der Waals surface area contributed by atoms with Crippen molar-refractivity contribution >= 4 is 17.2 Å². The van der Waals surface area contributed by atoms with Crippen molar-refractivity contribution < 1.29 is 9.47 Å². The van der Waals surface area contributed by atoms with Gasteiger partial charge in [-0.1, -0.05) is 5.92 Å². The van der Waals surface area contributed by atoms with E-state index in [4.69, 9.17) is 27.0 Å². The van der Waals surface area contributed by atoms with Gasteiger partial charge in [0.25, 0.3) is 0 Å². The molecular weight excluding hydrogens is 342 g/mol. The molecule has 2 heterocycles. The maximum atomic E-state index is 8.58. The Labute approximate surface area is 159 Å². The lowest BCUT2D eigenvalue weighted by Crippen LogP contribution is -2.42. The van der Waals surface area contributed by atoms with Gasteiger partial charge in [-0.2, -0.15) is 0 Å². The maximum absolute atomic E-state index is 8.58. The van der Waals surface area contributed by atoms with Crippen molar-refractivity contribution in [1.82, 2.24) is 9.97 Å². The van der Waals surface area contributed by atoms with E-state index in [1.54, 1.807) is 24.3 Å². The number of terminal acetylenes is 1. The summed E-state index contributed by atoms with van der Waals surface area (Å²) in [5.41, 5.74) is 7.85. The molecule has 1 fully saturated rings. The third kappa shape index (κ3) is 4.36. The number of anilines is 2. The molecule has 1 unspecified atom stereocenters. The summed E-state index contributed by atoms with van der Waals surface area (Å²) in [6.07, 6.45) is 6.68. The van der Waals surface area contributed by atoms with Crippen molar-refractivity contribution in [3.8, 4) is 18.1 Å². The van der Waals surface area contributed by atoms with Crippen LogP contribution in [0.5, 0.6) is 5.75 Å². The molecule has 0 amide bonds. The maximum Gasteiger partial charge on any atom is 0.135 e. The van der Waals surface area contributed by atoms with Gasteiger partial charge in [0.05, 0.1) is 30.7 Å². The van der Waals surface area contributed by atoms with Gasteiger partial charge < -0.3 is 20.1 Å². The third-order valence-electron chi connectivity index (χ3n) is 4.15. The highest BCUT2D eigenvalue weighted by molar-refractivity contribution is 6.13. The molecule has 1 saturated heterocycles. The monoisotopic (exact) mass is 365 g/mol. The normalized spacial score (nSPS) is 16.8. The highest BCUT2D eigenvalue weighted by Gasteiger charge is 2.21. The molecule has 3 rings (SSSR count). The molecule has 0 aliphatic carbocycles. The van der Waals surface area contributed by atoms with E-state index in [0.29, 0.717) is 48.2 Å². The third-order valence-corrected chi connectivity index (χ3v) is 4.15. The number of hydrogen-bond donors (Lipinski definition) is 2. The Morgan fingerprint density at radius 2 is 2.22 bits per heavy atom. The van der Waals surface area contributed by atoms with E-state index >= 15 is 0 Å². The van der Waals surface area contributed by atoms with Crippen LogP contribution in [0.3, 0.4) is 0 Å². The molecule has 7 heteroatoms. The average Bonchev–Trinajstić information content (AvgIpc) is 2.68. The number of hydrogen-bond acceptors (Lipinski definition) is 7. The number of ether oxygens (including phenoxy) is 2. The Morgan fingerprint density at radius 1 is 1.41 bits per heavy atom. The lowest BCUT2D eigenvalue weighted by molar-refractivity contribution is 0.0776. The molecule has 1 atom stereocenters. The Balaban J connectivity index is 1.87. The molecule has 1 aliphatic rings. The highest BCUT2D eigenvalue weighted by Crippen LogP contribution is 2.24. The van der Waals surface area contributed by atoms with Crippen LogP contribution in [0.25, 0.3) is 0 Å². The summed E-state index contributed by atoms with van der Waals surface area (Å²) in [4.78, 5) is 10.6. The van der Waals surface area contributed by atoms with E-state index < -0.39 is 0 Å². The lowest BCUT2D eigenvalue weighted by Gasteiger charge is -2.31. The van der Waals surface area contributed by atoms with Crippen molar-refractivity contribution in [3.05, 3.63) is 41.9 Å². The predicted octanol–water partition coefficient (Wildman–Crippen LogP) is 2.10. The first kappa shape index (κ1) is 18.7. The van der Waals surface area contributed by atoms with Gasteiger partial charge in [-0.25, -0.2) is 9.97 Å². The van der Waals surface area contributed by atoms with Crippen molar-refractivity contribution in [2.75, 3.05) is 30.3 Å². The number of nitrogens with zero attached hydrogens (tertiary/aromatic N) is 3. The van der Waals surface area contributed by atoms with E-state index in [0.717, 1.165) is 0 Å². The molecule has 1 aromatic carbocycles. The van der Waals surface area contributed by atoms with Crippen LogP contribution in [0.1, 0.15) is 25.1 Å². The molecule has 0 spiro atoms. The number of nitrogens with two attached hydrogens (primary N) is 1. The average molecular weight is 365 g/mol. The standard InChI is InChI=1S/C20H23N5O2/c1-4-14-11-25(7-8-26-14)19-10-18(23-12-24-19)20(22)16-9-15(27-13(2)3)5-6-17(16)21/h1,5-6,9-10,12-14,22H,7-8,11,21H2,2-3H3. The summed E-state index contributed by atoms with van der Waals surface area (Å²) in [5, 5.41) is 8.58. The van der Waals surface area contributed by atoms with Crippen molar-refractivity contribution in [2.45, 2.75) is 26.1 Å². The van der Waals surface area contributed by atoms with Crippen LogP contribution in [-0.4, -0.2) is 47.6 Å². The van der Waals surface area contributed by atoms with Crippen LogP contribution in [0, 0.1) is 17.8 Å². The van der Waals surface area contributed by atoms with Crippen LogP contribution in [0.15, 0.2) is 30.6 Å². The first-order valence-electron chi connectivity index (χ1n) is 8.78. The van der Waals surface area contributed by atoms with E-state index in [-0.39, 0.29) is 17.9 Å². The smallest absolute Gasteiger partial charge is 0.135 e. The molecule has 1 aromatic heterocycles. The van der Waals surface area contributed by atoms with Gasteiger partial charge in [0, 0.05) is 23.9 Å². The fourth-order valence-electron chi connectivity index (χ4n) is 2.85. The van der Waals surface area contributed by atoms with Gasteiger partial charge in [-0.15, -0.1) is 6.42 Å². The van der Waals surface area contributed by atoms with Crippen molar-refractivity contribution in [1.29, 1.82) is 5.41 Å². The van der Waals surface area contributed by atoms with Crippen LogP contribution in [0.4, 0.5) is 11.5 Å². The minimum atomic E-state index is -0.267. The SMILES string of the molecule is C#CC1CN(c2cc(C(=N)c3cc(OC(C)C)ccc3N)ncn2)CCO1. The number of benzene rings is 1. The summed E-state index contributed by atoms with van der Waals surface area (Å²) in [5.74, 6) is 3.99. The zero-order valence-electron chi connectivity index (χ0n) is 15.5. The van der Waals surface area contributed by atoms with Crippen LogP contribution < -0.4 is 15.4 Å². The fraction of sp³-hybridized carbons (Fsp3) is 0.350. The Hall–Kier alpha value is -3.11. The van der Waals surface area contributed by atoms with Crippen LogP contribution in [-0.2, 0) is 4.74 Å². The molecule has 27 heavy (non-hydrogen) atoms. The second-order valence-electron chi connectivity index (χ2n) is 6.52. The zero-order valence-corrected chi connectivity index (χ0v) is 15.5. The molecule has 2 aromatic rings. The largest absolute Gasteiger partial charge is 0.491 e. The molecular formula is C20H23N5O2. The number of morpholine rings is 1. The van der Waals surface area contributed by atoms with E-state index in [9.17, 15) is 0 Å². The number of nitrogens with one attached hydrogen (secondary N) is 1. The first-order chi connectivity index (χ1) is 13.0. The van der Waals surface area contributed by atoms with Crippen molar-refractivity contribution in [2.24, 2.45) is 0 Å². The van der Waals surface area contributed by atoms with Gasteiger partial charge in [-0.3, -0.25) is 5.41 Å². The minimum absolute atomic E-state index is 0.0340. The molecule has 0 radical (unpaired) electrons. The molecule has 7 nitrogen and oxygen atoms in total. The summed E-state index contributed by atoms with van der Waals surface area (Å²) < 4.78 is 11.2. The zero-order chi connectivity index (χ0) is 19.4. The second-order valence-corrected chi connectivity index (χ2v) is 6.52. The van der Waals surface area contributed by atoms with Gasteiger partial charge in [-0.05, 0) is 32.0 Å². The highest BCUT2D eigenvalue weighted by atomic mass is 16.5. The van der Waals surface area contributed by atoms with Gasteiger partial charge in [0.15, 0.2) is 0 Å². The predicted molar refractivity (Wildman–Crippen MR) is 105 cm³/mol. The quantitative estimate of drug-likeness (QED) is 0.478. The van der Waals surface area contributed by atoms with Crippen LogP contribution >= 0.6 is 0 Å². The van der Waals surface area contributed by atoms with Crippen molar-refractivity contribution in [3.63, 3.8) is 0 Å². The summed E-state index contributed by atoms with van der Waals surface area (Å²) >= 11 is 0. The summed E-state index contributed by atoms with van der Waals surface area (Å²) in [6, 6.07) is 7.08. The van der Waals surface area contributed by atoms with Gasteiger partial charge >= 0.3 is 0 Å². The van der Waals surface area contributed by atoms with Gasteiger partial charge in [0.2, 0.25) is 0 Å². The number of aromatic nitrogens is 2. The first-order valence-corrected chi connectivity index (χ1v) is 8.78. The second kappa shape index (κ2) is 8.06. The number of nitrogen functional groups attached to an aromatic ring is 1. The Kier molecular flexibility index (Phi) is 5.57. The Morgan fingerprint density at radius 3 is 2.96 bits per heavy atom. The Bertz CT molecular complexity index is 875. The van der Waals surface area contributed by atoms with E-state index in [1.807, 2.05) is 18.7 Å². The molecule has 0 saturated carbocycles. The summed E-state index contributed by atoms with van der Waals surface area (Å²) in [7, 11) is 0. The van der Waals surface area contributed by atoms with E-state index in [1.165, 1.54) is 6.33 Å². The molecule has 0 bridgehead atoms. The summed E-state index contributed by atoms with van der Waals surface area (Å²) in [6.45, 7) is 5.67. The lowest BCUT2D eigenvalue weighted by atomic mass is 10.0.